The lowest BCUT2D eigenvalue weighted by atomic mass is 10.3. The van der Waals surface area contributed by atoms with Crippen LogP contribution in [0.25, 0.3) is 0 Å². The van der Waals surface area contributed by atoms with Gasteiger partial charge in [0.05, 0.1) is 33.0 Å². The van der Waals surface area contributed by atoms with Gasteiger partial charge in [-0.15, -0.1) is 0 Å². The molecule has 0 aromatic rings. The first-order chi connectivity index (χ1) is 11.1. The van der Waals surface area contributed by atoms with E-state index in [1.54, 1.807) is 6.92 Å². The van der Waals surface area contributed by atoms with Gasteiger partial charge in [-0.2, -0.15) is 0 Å². The minimum Gasteiger partial charge on any atom is -0.379 e. The van der Waals surface area contributed by atoms with Gasteiger partial charge in [0.1, 0.15) is 6.17 Å². The van der Waals surface area contributed by atoms with Gasteiger partial charge in [-0.05, 0) is 0 Å². The molecule has 6 nitrogen and oxygen atoms in total. The van der Waals surface area contributed by atoms with Crippen molar-refractivity contribution in [3.05, 3.63) is 0 Å². The molecule has 0 radical (unpaired) electrons. The van der Waals surface area contributed by atoms with Crippen LogP contribution in [0.1, 0.15) is 33.6 Å². The maximum Gasteiger partial charge on any atom is 0.219 e. The molecule has 0 spiro atoms. The third-order valence-electron chi connectivity index (χ3n) is 2.96. The molecule has 0 rings (SSSR count). The highest BCUT2D eigenvalue weighted by atomic mass is 19.1. The van der Waals surface area contributed by atoms with Crippen LogP contribution >= 0.6 is 0 Å². The standard InChI is InChI=1S/C16H33FN2O4/c1-4-16(20)19-13-15(17)5-7-21-9-11-23-12-10-22-8-6-18-14(2)3/h14-15,18H,4-13H2,1-3H3,(H,19,20). The second kappa shape index (κ2) is 16.1. The molecule has 7 heteroatoms. The van der Waals surface area contributed by atoms with E-state index in [2.05, 4.69) is 24.5 Å². The van der Waals surface area contributed by atoms with Crippen LogP contribution in [0.4, 0.5) is 4.39 Å². The topological polar surface area (TPSA) is 68.8 Å². The zero-order valence-corrected chi connectivity index (χ0v) is 14.7. The van der Waals surface area contributed by atoms with Crippen molar-refractivity contribution >= 4 is 5.91 Å². The average Bonchev–Trinajstić information content (AvgIpc) is 2.53. The quantitative estimate of drug-likeness (QED) is 0.416. The minimum absolute atomic E-state index is 0.0511. The fraction of sp³-hybridized carbons (Fsp3) is 0.938. The van der Waals surface area contributed by atoms with Crippen molar-refractivity contribution in [1.82, 2.24) is 10.6 Å². The first-order valence-electron chi connectivity index (χ1n) is 8.43. The summed E-state index contributed by atoms with van der Waals surface area (Å²) in [5.41, 5.74) is 0. The second-order valence-electron chi connectivity index (χ2n) is 5.49. The van der Waals surface area contributed by atoms with E-state index in [9.17, 15) is 9.18 Å². The van der Waals surface area contributed by atoms with Crippen molar-refractivity contribution in [3.8, 4) is 0 Å². The summed E-state index contributed by atoms with van der Waals surface area (Å²) in [7, 11) is 0. The van der Waals surface area contributed by atoms with Crippen LogP contribution in [-0.2, 0) is 19.0 Å². The van der Waals surface area contributed by atoms with Gasteiger partial charge in [0, 0.05) is 38.6 Å². The molecule has 138 valence electrons. The number of alkyl halides is 1. The zero-order chi connectivity index (χ0) is 17.3. The molecule has 0 saturated carbocycles. The van der Waals surface area contributed by atoms with Crippen LogP contribution in [0.2, 0.25) is 0 Å². The minimum atomic E-state index is -1.07. The van der Waals surface area contributed by atoms with E-state index in [0.717, 1.165) is 6.54 Å². The molecule has 0 fully saturated rings. The van der Waals surface area contributed by atoms with Crippen LogP contribution < -0.4 is 10.6 Å². The number of rotatable bonds is 16. The highest BCUT2D eigenvalue weighted by Crippen LogP contribution is 1.97. The van der Waals surface area contributed by atoms with Crippen molar-refractivity contribution in [2.24, 2.45) is 0 Å². The Labute approximate surface area is 139 Å². The second-order valence-corrected chi connectivity index (χ2v) is 5.49. The number of carbonyl (C=O) groups excluding carboxylic acids is 1. The van der Waals surface area contributed by atoms with Crippen molar-refractivity contribution in [2.75, 3.05) is 52.7 Å². The molecule has 0 aliphatic carbocycles. The molecule has 1 atom stereocenters. The number of amides is 1. The Morgan fingerprint density at radius 3 is 2.13 bits per heavy atom. The normalized spacial score (nSPS) is 12.6. The zero-order valence-electron chi connectivity index (χ0n) is 14.7. The van der Waals surface area contributed by atoms with Crippen molar-refractivity contribution in [2.45, 2.75) is 45.8 Å². The third-order valence-corrected chi connectivity index (χ3v) is 2.96. The Morgan fingerprint density at radius 2 is 1.57 bits per heavy atom. The summed E-state index contributed by atoms with van der Waals surface area (Å²) in [5, 5.41) is 5.77. The van der Waals surface area contributed by atoms with Gasteiger partial charge in [0.2, 0.25) is 5.91 Å². The summed E-state index contributed by atoms with van der Waals surface area (Å²) in [4.78, 5) is 11.0. The lowest BCUT2D eigenvalue weighted by molar-refractivity contribution is -0.121. The summed E-state index contributed by atoms with van der Waals surface area (Å²) >= 11 is 0. The first-order valence-corrected chi connectivity index (χ1v) is 8.43. The lowest BCUT2D eigenvalue weighted by Gasteiger charge is -2.10. The molecule has 0 heterocycles. The van der Waals surface area contributed by atoms with Gasteiger partial charge >= 0.3 is 0 Å². The molecular weight excluding hydrogens is 303 g/mol. The fourth-order valence-electron chi connectivity index (χ4n) is 1.62. The van der Waals surface area contributed by atoms with Crippen molar-refractivity contribution in [1.29, 1.82) is 0 Å². The van der Waals surface area contributed by atoms with Crippen molar-refractivity contribution in [3.63, 3.8) is 0 Å². The number of nitrogens with one attached hydrogen (secondary N) is 2. The molecule has 1 amide bonds. The van der Waals surface area contributed by atoms with Crippen LogP contribution in [0, 0.1) is 0 Å². The molecule has 0 bridgehead atoms. The van der Waals surface area contributed by atoms with Gasteiger partial charge in [0.15, 0.2) is 0 Å². The van der Waals surface area contributed by atoms with E-state index >= 15 is 0 Å². The summed E-state index contributed by atoms with van der Waals surface area (Å²) in [6.45, 7) is 9.79. The first kappa shape index (κ1) is 22.2. The molecule has 1 unspecified atom stereocenters. The number of hydrogen-bond donors (Lipinski definition) is 2. The van der Waals surface area contributed by atoms with E-state index < -0.39 is 6.17 Å². The van der Waals surface area contributed by atoms with E-state index in [-0.39, 0.29) is 18.9 Å². The molecule has 2 N–H and O–H groups in total. The van der Waals surface area contributed by atoms with E-state index in [1.807, 2.05) is 0 Å². The lowest BCUT2D eigenvalue weighted by Crippen LogP contribution is -2.30. The van der Waals surface area contributed by atoms with E-state index in [1.165, 1.54) is 0 Å². The number of ether oxygens (including phenoxy) is 3. The van der Waals surface area contributed by atoms with Crippen LogP contribution in [0.3, 0.4) is 0 Å². The van der Waals surface area contributed by atoms with Gasteiger partial charge in [0.25, 0.3) is 0 Å². The van der Waals surface area contributed by atoms with Gasteiger partial charge in [-0.25, -0.2) is 4.39 Å². The SMILES string of the molecule is CCC(=O)NCC(F)CCOCCOCCOCCNC(C)C. The molecule has 0 saturated heterocycles. The number of hydrogen-bond acceptors (Lipinski definition) is 5. The summed E-state index contributed by atoms with van der Waals surface area (Å²) in [5.74, 6) is -0.135. The highest BCUT2D eigenvalue weighted by Gasteiger charge is 2.07. The van der Waals surface area contributed by atoms with Gasteiger partial charge < -0.3 is 24.8 Å². The molecule has 0 aliphatic heterocycles. The predicted molar refractivity (Wildman–Crippen MR) is 88.4 cm³/mol. The van der Waals surface area contributed by atoms with Gasteiger partial charge in [-0.3, -0.25) is 4.79 Å². The summed E-state index contributed by atoms with van der Waals surface area (Å²) in [6.07, 6.45) is -0.423. The van der Waals surface area contributed by atoms with E-state index in [4.69, 9.17) is 14.2 Å². The Hall–Kier alpha value is -0.760. The average molecular weight is 336 g/mol. The van der Waals surface area contributed by atoms with Crippen LogP contribution in [0.15, 0.2) is 0 Å². The maximum atomic E-state index is 13.4. The third kappa shape index (κ3) is 17.4. The summed E-state index contributed by atoms with van der Waals surface area (Å²) in [6, 6.07) is 0.471. The highest BCUT2D eigenvalue weighted by molar-refractivity contribution is 5.75. The van der Waals surface area contributed by atoms with E-state index in [0.29, 0.717) is 52.1 Å². The maximum absolute atomic E-state index is 13.4. The summed E-state index contributed by atoms with van der Waals surface area (Å²) < 4.78 is 29.4. The van der Waals surface area contributed by atoms with Crippen LogP contribution in [-0.4, -0.2) is 70.9 Å². The Balaban J connectivity index is 3.17. The van der Waals surface area contributed by atoms with Crippen molar-refractivity contribution < 1.29 is 23.4 Å². The monoisotopic (exact) mass is 336 g/mol. The van der Waals surface area contributed by atoms with Gasteiger partial charge in [-0.1, -0.05) is 20.8 Å². The largest absolute Gasteiger partial charge is 0.379 e. The predicted octanol–water partition coefficient (Wildman–Crippen LogP) is 1.29. The molecule has 0 aromatic carbocycles. The fourth-order valence-corrected chi connectivity index (χ4v) is 1.62. The molecule has 0 aromatic heterocycles. The number of carbonyl (C=O) groups is 1. The smallest absolute Gasteiger partial charge is 0.219 e. The Bertz CT molecular complexity index is 281. The van der Waals surface area contributed by atoms with Crippen LogP contribution in [0.5, 0.6) is 0 Å². The molecule has 0 aliphatic rings. The molecular formula is C16H33FN2O4. The number of halogens is 1. The Kier molecular flexibility index (Phi) is 15.6. The molecule has 23 heavy (non-hydrogen) atoms. The Morgan fingerprint density at radius 1 is 1.00 bits per heavy atom.